The van der Waals surface area contributed by atoms with Crippen molar-refractivity contribution < 1.29 is 23.8 Å². The molecule has 1 aliphatic heterocycles. The van der Waals surface area contributed by atoms with Gasteiger partial charge in [-0.05, 0) is 50.1 Å². The van der Waals surface area contributed by atoms with Crippen molar-refractivity contribution in [2.75, 3.05) is 32.7 Å². The lowest BCUT2D eigenvalue weighted by molar-refractivity contribution is -0.137. The van der Waals surface area contributed by atoms with Crippen molar-refractivity contribution in [1.29, 1.82) is 0 Å². The smallest absolute Gasteiger partial charge is 0.278 e. The number of hydrogen-bond acceptors (Lipinski definition) is 6. The molecular weight excluding hydrogens is 432 g/mol. The highest BCUT2D eigenvalue weighted by Crippen LogP contribution is 2.35. The zero-order valence-electron chi connectivity index (χ0n) is 18.6. The molecule has 32 heavy (non-hydrogen) atoms. The number of amides is 2. The second-order valence-corrected chi connectivity index (χ2v) is 7.92. The van der Waals surface area contributed by atoms with Gasteiger partial charge in [-0.15, -0.1) is 0 Å². The lowest BCUT2D eigenvalue weighted by Crippen LogP contribution is -2.34. The number of rotatable bonds is 10. The van der Waals surface area contributed by atoms with Crippen LogP contribution >= 0.6 is 11.6 Å². The average Bonchev–Trinajstić information content (AvgIpc) is 3.01. The Kier molecular flexibility index (Phi) is 7.77. The summed E-state index contributed by atoms with van der Waals surface area (Å²) in [6, 6.07) is 12.0. The van der Waals surface area contributed by atoms with E-state index >= 15 is 0 Å². The fraction of sp³-hybridized carbons (Fsp3) is 0.333. The topological polar surface area (TPSA) is 77.1 Å². The van der Waals surface area contributed by atoms with E-state index in [1.54, 1.807) is 49.6 Å². The molecular formula is C24H27ClN2O5. The number of imide groups is 1. The maximum Gasteiger partial charge on any atom is 0.278 e. The van der Waals surface area contributed by atoms with Crippen LogP contribution in [-0.2, 0) is 14.3 Å². The van der Waals surface area contributed by atoms with E-state index in [0.29, 0.717) is 40.8 Å². The third-order valence-corrected chi connectivity index (χ3v) is 5.20. The van der Waals surface area contributed by atoms with Crippen molar-refractivity contribution >= 4 is 34.7 Å². The minimum Gasteiger partial charge on any atom is -0.497 e. The highest BCUT2D eigenvalue weighted by atomic mass is 35.5. The highest BCUT2D eigenvalue weighted by molar-refractivity contribution is 6.37. The first-order chi connectivity index (χ1) is 15.3. The van der Waals surface area contributed by atoms with Crippen LogP contribution in [0.4, 0.5) is 5.69 Å². The number of ether oxygens (including phenoxy) is 3. The van der Waals surface area contributed by atoms with Crippen LogP contribution in [0.2, 0.25) is 5.02 Å². The Bertz CT molecular complexity index is 1020. The summed E-state index contributed by atoms with van der Waals surface area (Å²) in [6.45, 7) is 4.59. The number of benzene rings is 2. The zero-order chi connectivity index (χ0) is 23.3. The molecule has 0 radical (unpaired) electrons. The summed E-state index contributed by atoms with van der Waals surface area (Å²) in [4.78, 5) is 27.8. The molecule has 0 saturated carbocycles. The van der Waals surface area contributed by atoms with Gasteiger partial charge in [0.1, 0.15) is 17.2 Å². The molecule has 0 spiro atoms. The molecule has 0 aliphatic carbocycles. The number of halogens is 1. The summed E-state index contributed by atoms with van der Waals surface area (Å²) < 4.78 is 16.3. The Morgan fingerprint density at radius 2 is 1.72 bits per heavy atom. The lowest BCUT2D eigenvalue weighted by Gasteiger charge is -2.16. The van der Waals surface area contributed by atoms with Gasteiger partial charge in [0, 0.05) is 24.2 Å². The summed E-state index contributed by atoms with van der Waals surface area (Å²) in [6.07, 6.45) is 0.625. The number of carbonyl (C=O) groups excluding carboxylic acids is 2. The molecule has 170 valence electrons. The molecule has 2 amide bonds. The van der Waals surface area contributed by atoms with Crippen LogP contribution in [-0.4, -0.2) is 50.2 Å². The number of anilines is 1. The number of hydrogen-bond donors (Lipinski definition) is 1. The van der Waals surface area contributed by atoms with Crippen molar-refractivity contribution in [3.8, 4) is 11.5 Å². The van der Waals surface area contributed by atoms with E-state index in [4.69, 9.17) is 25.8 Å². The molecule has 2 aromatic rings. The monoisotopic (exact) mass is 458 g/mol. The normalized spacial score (nSPS) is 13.9. The van der Waals surface area contributed by atoms with Gasteiger partial charge >= 0.3 is 0 Å². The van der Waals surface area contributed by atoms with Crippen molar-refractivity contribution in [3.63, 3.8) is 0 Å². The number of carbonyl (C=O) groups is 2. The minimum absolute atomic E-state index is 0.0838. The Hall–Kier alpha value is -3.03. The van der Waals surface area contributed by atoms with Gasteiger partial charge in [0.25, 0.3) is 11.8 Å². The largest absolute Gasteiger partial charge is 0.497 e. The van der Waals surface area contributed by atoms with Crippen LogP contribution < -0.4 is 14.8 Å². The summed E-state index contributed by atoms with van der Waals surface area (Å²) in [5.41, 5.74) is 1.56. The number of nitrogens with one attached hydrogen (secondary N) is 1. The molecule has 7 nitrogen and oxygen atoms in total. The Morgan fingerprint density at radius 3 is 2.34 bits per heavy atom. The molecule has 1 N–H and O–H groups in total. The average molecular weight is 459 g/mol. The standard InChI is InChI=1S/C24H27ClN2O5/c1-15(2)32-13-5-12-27-23(28)21(16-6-8-17(25)9-7-16)22(24(27)29)26-19-14-18(30-3)10-11-20(19)31-4/h6-11,14-15,26H,5,12-13H2,1-4H3. The predicted molar refractivity (Wildman–Crippen MR) is 124 cm³/mol. The summed E-state index contributed by atoms with van der Waals surface area (Å²) >= 11 is 6.02. The Morgan fingerprint density at radius 1 is 1.00 bits per heavy atom. The van der Waals surface area contributed by atoms with Gasteiger partial charge in [-0.2, -0.15) is 0 Å². The van der Waals surface area contributed by atoms with E-state index in [2.05, 4.69) is 5.32 Å². The van der Waals surface area contributed by atoms with Crippen LogP contribution in [0.1, 0.15) is 25.8 Å². The lowest BCUT2D eigenvalue weighted by atomic mass is 10.0. The van der Waals surface area contributed by atoms with E-state index in [-0.39, 0.29) is 29.8 Å². The van der Waals surface area contributed by atoms with Crippen molar-refractivity contribution in [1.82, 2.24) is 4.90 Å². The van der Waals surface area contributed by atoms with Crippen LogP contribution in [0.3, 0.4) is 0 Å². The quantitative estimate of drug-likeness (QED) is 0.421. The van der Waals surface area contributed by atoms with Crippen LogP contribution in [0.25, 0.3) is 5.57 Å². The fourth-order valence-electron chi connectivity index (χ4n) is 3.37. The van der Waals surface area contributed by atoms with E-state index in [1.165, 1.54) is 12.0 Å². The van der Waals surface area contributed by atoms with Gasteiger partial charge in [0.2, 0.25) is 0 Å². The van der Waals surface area contributed by atoms with Gasteiger partial charge in [0.05, 0.1) is 31.6 Å². The first-order valence-electron chi connectivity index (χ1n) is 10.3. The van der Waals surface area contributed by atoms with E-state index in [1.807, 2.05) is 13.8 Å². The Balaban J connectivity index is 1.97. The zero-order valence-corrected chi connectivity index (χ0v) is 19.4. The molecule has 0 bridgehead atoms. The highest BCUT2D eigenvalue weighted by Gasteiger charge is 2.39. The summed E-state index contributed by atoms with van der Waals surface area (Å²) in [7, 11) is 3.08. The van der Waals surface area contributed by atoms with Gasteiger partial charge in [-0.25, -0.2) is 0 Å². The molecule has 1 heterocycles. The Labute approximate surface area is 192 Å². The van der Waals surface area contributed by atoms with E-state index < -0.39 is 5.91 Å². The van der Waals surface area contributed by atoms with Crippen molar-refractivity contribution in [2.45, 2.75) is 26.4 Å². The maximum absolute atomic E-state index is 13.3. The van der Waals surface area contributed by atoms with Crippen LogP contribution in [0.15, 0.2) is 48.2 Å². The number of methoxy groups -OCH3 is 2. The molecule has 1 aliphatic rings. The van der Waals surface area contributed by atoms with Gasteiger partial charge in [0.15, 0.2) is 0 Å². The second kappa shape index (κ2) is 10.5. The fourth-order valence-corrected chi connectivity index (χ4v) is 3.49. The molecule has 0 saturated heterocycles. The molecule has 3 rings (SSSR count). The van der Waals surface area contributed by atoms with Gasteiger partial charge < -0.3 is 19.5 Å². The third kappa shape index (κ3) is 5.23. The SMILES string of the molecule is COc1ccc(OC)c(NC2=C(c3ccc(Cl)cc3)C(=O)N(CCCOC(C)C)C2=O)c1. The molecule has 2 aromatic carbocycles. The second-order valence-electron chi connectivity index (χ2n) is 7.48. The van der Waals surface area contributed by atoms with Crippen molar-refractivity contribution in [3.05, 3.63) is 58.7 Å². The van der Waals surface area contributed by atoms with E-state index in [9.17, 15) is 9.59 Å². The van der Waals surface area contributed by atoms with Crippen LogP contribution in [0.5, 0.6) is 11.5 Å². The maximum atomic E-state index is 13.3. The predicted octanol–water partition coefficient (Wildman–Crippen LogP) is 4.36. The molecule has 0 unspecified atom stereocenters. The molecule has 0 fully saturated rings. The minimum atomic E-state index is -0.408. The van der Waals surface area contributed by atoms with Crippen LogP contribution in [0, 0.1) is 0 Å². The summed E-state index contributed by atoms with van der Waals surface area (Å²) in [5, 5.41) is 3.66. The molecule has 8 heteroatoms. The van der Waals surface area contributed by atoms with E-state index in [0.717, 1.165) is 0 Å². The molecule has 0 aromatic heterocycles. The summed E-state index contributed by atoms with van der Waals surface area (Å²) in [5.74, 6) is 0.319. The third-order valence-electron chi connectivity index (χ3n) is 4.94. The first-order valence-corrected chi connectivity index (χ1v) is 10.7. The van der Waals surface area contributed by atoms with Gasteiger partial charge in [-0.1, -0.05) is 23.7 Å². The molecule has 0 atom stereocenters. The van der Waals surface area contributed by atoms with Gasteiger partial charge in [-0.3, -0.25) is 14.5 Å². The number of nitrogens with zero attached hydrogens (tertiary/aromatic N) is 1. The first kappa shape index (κ1) is 23.6. The van der Waals surface area contributed by atoms with Crippen molar-refractivity contribution in [2.24, 2.45) is 0 Å².